The fourth-order valence-electron chi connectivity index (χ4n) is 3.91. The average Bonchev–Trinajstić information content (AvgIpc) is 3.28. The van der Waals surface area contributed by atoms with Gasteiger partial charge in [0, 0.05) is 44.1 Å². The van der Waals surface area contributed by atoms with Gasteiger partial charge < -0.3 is 15.1 Å². The summed E-state index contributed by atoms with van der Waals surface area (Å²) in [7, 11) is 1.81. The summed E-state index contributed by atoms with van der Waals surface area (Å²) >= 11 is 0. The van der Waals surface area contributed by atoms with Crippen molar-refractivity contribution in [3.05, 3.63) is 78.6 Å². The summed E-state index contributed by atoms with van der Waals surface area (Å²) in [4.78, 5) is 29.1. The van der Waals surface area contributed by atoms with E-state index in [9.17, 15) is 9.59 Å². The lowest BCUT2D eigenvalue weighted by atomic mass is 9.96. The minimum Gasteiger partial charge on any atom is -0.341 e. The molecule has 0 saturated carbocycles. The number of carbonyl (C=O) groups is 2. The lowest BCUT2D eigenvalue weighted by molar-refractivity contribution is -0.136. The molecule has 7 nitrogen and oxygen atoms in total. The van der Waals surface area contributed by atoms with Gasteiger partial charge in [0.05, 0.1) is 17.8 Å². The molecule has 1 atom stereocenters. The lowest BCUT2D eigenvalue weighted by Gasteiger charge is -2.34. The Morgan fingerprint density at radius 2 is 1.81 bits per heavy atom. The van der Waals surface area contributed by atoms with Crippen LogP contribution in [0, 0.1) is 5.92 Å². The number of aromatic nitrogens is 2. The van der Waals surface area contributed by atoms with E-state index in [1.54, 1.807) is 16.0 Å². The van der Waals surface area contributed by atoms with Crippen molar-refractivity contribution in [3.8, 4) is 5.69 Å². The first-order chi connectivity index (χ1) is 15.1. The van der Waals surface area contributed by atoms with E-state index in [0.717, 1.165) is 29.8 Å². The molecule has 1 fully saturated rings. The summed E-state index contributed by atoms with van der Waals surface area (Å²) in [5, 5.41) is 7.31. The van der Waals surface area contributed by atoms with Crippen molar-refractivity contribution >= 4 is 17.6 Å². The van der Waals surface area contributed by atoms with Gasteiger partial charge in [-0.3, -0.25) is 4.79 Å². The second kappa shape index (κ2) is 9.47. The van der Waals surface area contributed by atoms with Crippen LogP contribution in [0.3, 0.4) is 0 Å². The van der Waals surface area contributed by atoms with E-state index in [1.165, 1.54) is 0 Å². The number of urea groups is 1. The first-order valence-corrected chi connectivity index (χ1v) is 10.5. The number of rotatable bonds is 5. The van der Waals surface area contributed by atoms with E-state index in [-0.39, 0.29) is 17.9 Å². The number of benzene rings is 2. The van der Waals surface area contributed by atoms with E-state index in [2.05, 4.69) is 10.4 Å². The van der Waals surface area contributed by atoms with Crippen LogP contribution >= 0.6 is 0 Å². The number of para-hydroxylation sites is 2. The molecule has 1 aromatic heterocycles. The van der Waals surface area contributed by atoms with E-state index in [1.807, 2.05) is 78.6 Å². The third kappa shape index (κ3) is 5.12. The molecule has 2 heterocycles. The van der Waals surface area contributed by atoms with Crippen molar-refractivity contribution in [2.45, 2.75) is 19.4 Å². The molecule has 2 aromatic carbocycles. The van der Waals surface area contributed by atoms with Gasteiger partial charge in [-0.2, -0.15) is 5.10 Å². The summed E-state index contributed by atoms with van der Waals surface area (Å²) in [6, 6.07) is 19.1. The van der Waals surface area contributed by atoms with Gasteiger partial charge in [-0.25, -0.2) is 9.48 Å². The van der Waals surface area contributed by atoms with E-state index in [0.29, 0.717) is 19.6 Å². The SMILES string of the molecule is CN(Cc1cnn(-c2ccccc2)c1)C(=O)[C@@H]1CCCN(C(=O)Nc2ccccc2)C1. The van der Waals surface area contributed by atoms with Gasteiger partial charge in [0.1, 0.15) is 0 Å². The zero-order valence-corrected chi connectivity index (χ0v) is 17.6. The summed E-state index contributed by atoms with van der Waals surface area (Å²) in [6.07, 6.45) is 5.34. The molecule has 4 rings (SSSR count). The number of piperidine rings is 1. The van der Waals surface area contributed by atoms with Crippen molar-refractivity contribution in [3.63, 3.8) is 0 Å². The largest absolute Gasteiger partial charge is 0.341 e. The van der Waals surface area contributed by atoms with Crippen molar-refractivity contribution in [1.82, 2.24) is 19.6 Å². The van der Waals surface area contributed by atoms with Gasteiger partial charge in [0.2, 0.25) is 5.91 Å². The van der Waals surface area contributed by atoms with E-state index < -0.39 is 0 Å². The van der Waals surface area contributed by atoms with Crippen molar-refractivity contribution in [1.29, 1.82) is 0 Å². The molecule has 0 radical (unpaired) electrons. The molecule has 1 N–H and O–H groups in total. The van der Waals surface area contributed by atoms with Gasteiger partial charge in [0.15, 0.2) is 0 Å². The molecule has 160 valence electrons. The second-order valence-electron chi connectivity index (χ2n) is 7.90. The molecule has 0 aliphatic carbocycles. The fraction of sp³-hybridized carbons (Fsp3) is 0.292. The van der Waals surface area contributed by atoms with Crippen LogP contribution < -0.4 is 5.32 Å². The molecule has 3 amide bonds. The van der Waals surface area contributed by atoms with E-state index in [4.69, 9.17) is 0 Å². The summed E-state index contributed by atoms with van der Waals surface area (Å²) in [6.45, 7) is 1.58. The normalized spacial score (nSPS) is 16.0. The molecular weight excluding hydrogens is 390 g/mol. The van der Waals surface area contributed by atoms with Crippen LogP contribution in [-0.4, -0.2) is 51.7 Å². The molecule has 1 aliphatic rings. The van der Waals surface area contributed by atoms with Crippen LogP contribution in [0.5, 0.6) is 0 Å². The van der Waals surface area contributed by atoms with Gasteiger partial charge in [-0.1, -0.05) is 36.4 Å². The summed E-state index contributed by atoms with van der Waals surface area (Å²) < 4.78 is 1.81. The van der Waals surface area contributed by atoms with Crippen LogP contribution in [0.2, 0.25) is 0 Å². The number of hydrogen-bond donors (Lipinski definition) is 1. The minimum atomic E-state index is -0.190. The van der Waals surface area contributed by atoms with Crippen LogP contribution in [0.25, 0.3) is 5.69 Å². The molecule has 1 aliphatic heterocycles. The van der Waals surface area contributed by atoms with Gasteiger partial charge in [0.25, 0.3) is 0 Å². The Kier molecular flexibility index (Phi) is 6.31. The third-order valence-electron chi connectivity index (χ3n) is 5.54. The van der Waals surface area contributed by atoms with Crippen molar-refractivity contribution in [2.75, 3.05) is 25.5 Å². The Balaban J connectivity index is 1.34. The van der Waals surface area contributed by atoms with Crippen LogP contribution in [0.4, 0.5) is 10.5 Å². The van der Waals surface area contributed by atoms with Gasteiger partial charge >= 0.3 is 6.03 Å². The average molecular weight is 418 g/mol. The molecule has 0 spiro atoms. The number of carbonyl (C=O) groups excluding carboxylic acids is 2. The maximum atomic E-state index is 13.0. The predicted molar refractivity (Wildman–Crippen MR) is 120 cm³/mol. The van der Waals surface area contributed by atoms with Crippen molar-refractivity contribution < 1.29 is 9.59 Å². The molecule has 3 aromatic rings. The number of likely N-dealkylation sites (tertiary alicyclic amines) is 1. The molecule has 1 saturated heterocycles. The smallest absolute Gasteiger partial charge is 0.321 e. The molecule has 0 unspecified atom stereocenters. The Labute approximate surface area is 182 Å². The highest BCUT2D eigenvalue weighted by molar-refractivity contribution is 5.90. The van der Waals surface area contributed by atoms with Crippen molar-refractivity contribution in [2.24, 2.45) is 5.92 Å². The van der Waals surface area contributed by atoms with Crippen LogP contribution in [0.1, 0.15) is 18.4 Å². The molecule has 0 bridgehead atoms. The maximum absolute atomic E-state index is 13.0. The Bertz CT molecular complexity index is 1020. The third-order valence-corrected chi connectivity index (χ3v) is 5.54. The summed E-state index contributed by atoms with van der Waals surface area (Å²) in [5.74, 6) is -0.130. The quantitative estimate of drug-likeness (QED) is 0.687. The highest BCUT2D eigenvalue weighted by atomic mass is 16.2. The monoisotopic (exact) mass is 417 g/mol. The lowest BCUT2D eigenvalue weighted by Crippen LogP contribution is -2.47. The number of nitrogens with zero attached hydrogens (tertiary/aromatic N) is 4. The number of anilines is 1. The topological polar surface area (TPSA) is 70.5 Å². The highest BCUT2D eigenvalue weighted by Crippen LogP contribution is 2.21. The van der Waals surface area contributed by atoms with Crippen LogP contribution in [-0.2, 0) is 11.3 Å². The summed E-state index contributed by atoms with van der Waals surface area (Å²) in [5.41, 5.74) is 2.71. The highest BCUT2D eigenvalue weighted by Gasteiger charge is 2.30. The first-order valence-electron chi connectivity index (χ1n) is 10.5. The van der Waals surface area contributed by atoms with E-state index >= 15 is 0 Å². The number of nitrogens with one attached hydrogen (secondary N) is 1. The Morgan fingerprint density at radius 3 is 2.55 bits per heavy atom. The minimum absolute atomic E-state index is 0.0599. The predicted octanol–water partition coefficient (Wildman–Crippen LogP) is 3.77. The Hall–Kier alpha value is -3.61. The second-order valence-corrected chi connectivity index (χ2v) is 7.90. The number of amides is 3. The molecule has 7 heteroatoms. The first kappa shape index (κ1) is 20.7. The standard InChI is InChI=1S/C24H27N5O2/c1-27(16-19-15-25-29(17-19)22-12-6-3-7-13-22)23(30)20-9-8-14-28(18-20)24(31)26-21-10-4-2-5-11-21/h2-7,10-13,15,17,20H,8-9,14,16,18H2,1H3,(H,26,31)/t20-/m1/s1. The van der Waals surface area contributed by atoms with Gasteiger partial charge in [-0.15, -0.1) is 0 Å². The zero-order chi connectivity index (χ0) is 21.6. The maximum Gasteiger partial charge on any atom is 0.321 e. The Morgan fingerprint density at radius 1 is 1.10 bits per heavy atom. The fourth-order valence-corrected chi connectivity index (χ4v) is 3.91. The number of hydrogen-bond acceptors (Lipinski definition) is 3. The van der Waals surface area contributed by atoms with Gasteiger partial charge in [-0.05, 0) is 37.1 Å². The van der Waals surface area contributed by atoms with Crippen LogP contribution in [0.15, 0.2) is 73.1 Å². The zero-order valence-electron chi connectivity index (χ0n) is 17.6. The molecular formula is C24H27N5O2. The molecule has 31 heavy (non-hydrogen) atoms.